The van der Waals surface area contributed by atoms with Crippen molar-refractivity contribution in [3.8, 4) is 0 Å². The number of para-hydroxylation sites is 1. The summed E-state index contributed by atoms with van der Waals surface area (Å²) in [6, 6.07) is 9.80. The highest BCUT2D eigenvalue weighted by atomic mass is 16.4. The van der Waals surface area contributed by atoms with Crippen LogP contribution in [0.2, 0.25) is 0 Å². The van der Waals surface area contributed by atoms with Gasteiger partial charge in [0.25, 0.3) is 5.91 Å². The number of H-pyrrole nitrogens is 1. The van der Waals surface area contributed by atoms with Gasteiger partial charge in [-0.2, -0.15) is 0 Å². The Bertz CT molecular complexity index is 1280. The minimum Gasteiger partial charge on any atom is -0.480 e. The molecule has 0 spiro atoms. The molecule has 0 aliphatic heterocycles. The zero-order valence-corrected chi connectivity index (χ0v) is 19.5. The lowest BCUT2D eigenvalue weighted by molar-refractivity contribution is -0.139. The normalized spacial score (nSPS) is 12.5. The van der Waals surface area contributed by atoms with Crippen molar-refractivity contribution in [1.82, 2.24) is 10.3 Å². The summed E-state index contributed by atoms with van der Waals surface area (Å²) in [5.74, 6) is -2.26. The van der Waals surface area contributed by atoms with Crippen LogP contribution in [-0.2, 0) is 16.0 Å². The molecule has 3 rings (SSSR count). The number of aliphatic carboxylic acids is 1. The number of hydrogen-bond acceptors (Lipinski definition) is 6. The van der Waals surface area contributed by atoms with Crippen molar-refractivity contribution in [1.29, 1.82) is 0 Å². The third kappa shape index (κ3) is 6.73. The summed E-state index contributed by atoms with van der Waals surface area (Å²) in [5.41, 5.74) is 24.6. The van der Waals surface area contributed by atoms with Crippen molar-refractivity contribution in [2.24, 2.45) is 22.2 Å². The lowest BCUT2D eigenvalue weighted by Gasteiger charge is -2.16. The number of nitrogens with zero attached hydrogens (tertiary/aromatic N) is 1. The van der Waals surface area contributed by atoms with Gasteiger partial charge in [0.1, 0.15) is 6.04 Å². The fourth-order valence-corrected chi connectivity index (χ4v) is 3.66. The first-order chi connectivity index (χ1) is 17.2. The van der Waals surface area contributed by atoms with E-state index in [1.54, 1.807) is 6.20 Å². The number of nitrogens with one attached hydrogen (secondary N) is 3. The molecule has 12 heteroatoms. The van der Waals surface area contributed by atoms with Gasteiger partial charge in [0, 0.05) is 35.6 Å². The molecule has 0 radical (unpaired) electrons. The van der Waals surface area contributed by atoms with E-state index in [0.29, 0.717) is 19.4 Å². The van der Waals surface area contributed by atoms with Crippen LogP contribution in [0.5, 0.6) is 0 Å². The smallest absolute Gasteiger partial charge is 0.326 e. The third-order valence-corrected chi connectivity index (χ3v) is 5.58. The maximum Gasteiger partial charge on any atom is 0.326 e. The lowest BCUT2D eigenvalue weighted by Crippen LogP contribution is -2.42. The number of hydrogen-bond donors (Lipinski definition) is 8. The van der Waals surface area contributed by atoms with Crippen molar-refractivity contribution in [3.63, 3.8) is 0 Å². The summed E-state index contributed by atoms with van der Waals surface area (Å²) in [6.45, 7) is 0.354. The number of carbonyl (C=O) groups excluding carboxylic acids is 2. The van der Waals surface area contributed by atoms with Crippen LogP contribution in [0.4, 0.5) is 11.4 Å². The molecule has 0 fully saturated rings. The van der Waals surface area contributed by atoms with Crippen molar-refractivity contribution >= 4 is 46.0 Å². The summed E-state index contributed by atoms with van der Waals surface area (Å²) < 4.78 is 0. The van der Waals surface area contributed by atoms with Crippen LogP contribution >= 0.6 is 0 Å². The van der Waals surface area contributed by atoms with Crippen molar-refractivity contribution in [2.75, 3.05) is 17.6 Å². The maximum absolute atomic E-state index is 12.8. The van der Waals surface area contributed by atoms with Gasteiger partial charge in [-0.25, -0.2) is 4.79 Å². The number of aliphatic imine (C=N–C) groups is 1. The van der Waals surface area contributed by atoms with Crippen molar-refractivity contribution < 1.29 is 19.5 Å². The molecular formula is C24H30N8O4. The molecular weight excluding hydrogens is 464 g/mol. The van der Waals surface area contributed by atoms with Crippen LogP contribution in [0.3, 0.4) is 0 Å². The first kappa shape index (κ1) is 26.0. The summed E-state index contributed by atoms with van der Waals surface area (Å²) in [5, 5.41) is 15.7. The molecule has 2 amide bonds. The molecule has 190 valence electrons. The van der Waals surface area contributed by atoms with Gasteiger partial charge in [0.05, 0.1) is 17.4 Å². The van der Waals surface area contributed by atoms with E-state index in [4.69, 9.17) is 22.9 Å². The molecule has 2 aromatic carbocycles. The van der Waals surface area contributed by atoms with E-state index in [1.807, 2.05) is 24.3 Å². The average molecular weight is 495 g/mol. The first-order valence-electron chi connectivity index (χ1n) is 11.3. The zero-order chi connectivity index (χ0) is 26.2. The number of aromatic amines is 1. The van der Waals surface area contributed by atoms with Gasteiger partial charge in [0.15, 0.2) is 5.96 Å². The molecule has 0 saturated carbocycles. The number of rotatable bonds is 11. The average Bonchev–Trinajstić information content (AvgIpc) is 3.25. The van der Waals surface area contributed by atoms with E-state index in [1.165, 1.54) is 18.2 Å². The van der Waals surface area contributed by atoms with Gasteiger partial charge >= 0.3 is 5.97 Å². The molecule has 12 N–H and O–H groups in total. The van der Waals surface area contributed by atoms with Gasteiger partial charge in [-0.3, -0.25) is 14.6 Å². The minimum absolute atomic E-state index is 0.0300. The number of carboxylic acids is 1. The third-order valence-electron chi connectivity index (χ3n) is 5.58. The van der Waals surface area contributed by atoms with Crippen molar-refractivity contribution in [3.05, 3.63) is 59.8 Å². The molecule has 0 aliphatic carbocycles. The zero-order valence-electron chi connectivity index (χ0n) is 19.5. The summed E-state index contributed by atoms with van der Waals surface area (Å²) in [4.78, 5) is 43.9. The number of anilines is 2. The van der Waals surface area contributed by atoms with Crippen molar-refractivity contribution in [2.45, 2.75) is 31.3 Å². The van der Waals surface area contributed by atoms with Gasteiger partial charge in [0.2, 0.25) is 5.91 Å². The molecule has 3 aromatic rings. The van der Waals surface area contributed by atoms with Crippen LogP contribution < -0.4 is 33.6 Å². The Kier molecular flexibility index (Phi) is 8.47. The summed E-state index contributed by atoms with van der Waals surface area (Å²) >= 11 is 0. The predicted octanol–water partition coefficient (Wildman–Crippen LogP) is 0.495. The Morgan fingerprint density at radius 3 is 2.56 bits per heavy atom. The number of guanidine groups is 1. The van der Waals surface area contributed by atoms with Gasteiger partial charge in [-0.15, -0.1) is 0 Å². The topological polar surface area (TPSA) is 228 Å². The number of aromatic nitrogens is 1. The van der Waals surface area contributed by atoms with Crippen LogP contribution in [0.25, 0.3) is 10.9 Å². The number of nitrogen functional groups attached to an aromatic ring is 1. The highest BCUT2D eigenvalue weighted by molar-refractivity contribution is 6.01. The first-order valence-corrected chi connectivity index (χ1v) is 11.3. The SMILES string of the molecule is NC(N)=NCCC[C@H](N)C(=O)Nc1ccc(C(=O)N[C@@H](Cc2c[nH]c3ccccc23)C(=O)O)cc1N. The van der Waals surface area contributed by atoms with Gasteiger partial charge in [-0.05, 0) is 42.7 Å². The maximum atomic E-state index is 12.8. The van der Waals surface area contributed by atoms with Crippen LogP contribution in [-0.4, -0.2) is 52.5 Å². The van der Waals surface area contributed by atoms with E-state index < -0.39 is 29.9 Å². The van der Waals surface area contributed by atoms with Crippen LogP contribution in [0.1, 0.15) is 28.8 Å². The highest BCUT2D eigenvalue weighted by Crippen LogP contribution is 2.22. The number of fused-ring (bicyclic) bond motifs is 1. The second-order valence-corrected chi connectivity index (χ2v) is 8.27. The number of carboxylic acid groups (broad SMARTS) is 1. The molecule has 36 heavy (non-hydrogen) atoms. The Morgan fingerprint density at radius 2 is 1.86 bits per heavy atom. The molecule has 12 nitrogen and oxygen atoms in total. The molecule has 1 aromatic heterocycles. The molecule has 1 heterocycles. The van der Waals surface area contributed by atoms with E-state index in [9.17, 15) is 19.5 Å². The number of amides is 2. The largest absolute Gasteiger partial charge is 0.480 e. The molecule has 0 aliphatic rings. The van der Waals surface area contributed by atoms with Gasteiger partial charge < -0.3 is 43.7 Å². The lowest BCUT2D eigenvalue weighted by atomic mass is 10.0. The number of carbonyl (C=O) groups is 3. The summed E-state index contributed by atoms with van der Waals surface area (Å²) in [6.07, 6.45) is 2.70. The molecule has 0 saturated heterocycles. The fraction of sp³-hybridized carbons (Fsp3) is 0.250. The fourth-order valence-electron chi connectivity index (χ4n) is 3.66. The molecule has 0 bridgehead atoms. The van der Waals surface area contributed by atoms with E-state index in [-0.39, 0.29) is 29.3 Å². The second-order valence-electron chi connectivity index (χ2n) is 8.27. The Morgan fingerprint density at radius 1 is 1.11 bits per heavy atom. The van der Waals surface area contributed by atoms with E-state index in [2.05, 4.69) is 20.6 Å². The van der Waals surface area contributed by atoms with Crippen LogP contribution in [0, 0.1) is 0 Å². The monoisotopic (exact) mass is 494 g/mol. The van der Waals surface area contributed by atoms with Crippen LogP contribution in [0.15, 0.2) is 53.7 Å². The standard InChI is InChI=1S/C24H30N8O4/c25-16(5-3-9-29-24(27)28)22(34)31-19-8-7-13(10-17(19)26)21(33)32-20(23(35)36)11-14-12-30-18-6-2-1-4-15(14)18/h1-2,4,6-8,10,12,16,20,30H,3,5,9,11,25-26H2,(H,31,34)(H,32,33)(H,35,36)(H4,27,28,29)/t16-,20-/m0/s1. The molecule has 2 atom stereocenters. The minimum atomic E-state index is -1.17. The quantitative estimate of drug-likeness (QED) is 0.0807. The number of nitrogens with two attached hydrogens (primary N) is 4. The highest BCUT2D eigenvalue weighted by Gasteiger charge is 2.23. The Labute approximate surface area is 207 Å². The Balaban J connectivity index is 1.62. The summed E-state index contributed by atoms with van der Waals surface area (Å²) in [7, 11) is 0. The molecule has 0 unspecified atom stereocenters. The number of benzene rings is 2. The second kappa shape index (κ2) is 11.7. The Hall–Kier alpha value is -4.58. The van der Waals surface area contributed by atoms with Gasteiger partial charge in [-0.1, -0.05) is 18.2 Å². The van der Waals surface area contributed by atoms with E-state index >= 15 is 0 Å². The predicted molar refractivity (Wildman–Crippen MR) is 138 cm³/mol. The van der Waals surface area contributed by atoms with E-state index in [0.717, 1.165) is 16.5 Å².